The van der Waals surface area contributed by atoms with Crippen LogP contribution in [0.4, 0.5) is 0 Å². The average molecular weight is 262 g/mol. The molecule has 1 aliphatic heterocycles. The fourth-order valence-electron chi connectivity index (χ4n) is 2.06. The molecule has 1 aromatic carbocycles. The van der Waals surface area contributed by atoms with Gasteiger partial charge in [0, 0.05) is 6.04 Å². The summed E-state index contributed by atoms with van der Waals surface area (Å²) in [6, 6.07) is 8.95. The Morgan fingerprint density at radius 3 is 2.68 bits per heavy atom. The molecule has 0 saturated carbocycles. The first-order chi connectivity index (χ1) is 9.08. The molecular weight excluding hydrogens is 244 g/mol. The van der Waals surface area contributed by atoms with Crippen LogP contribution in [0.25, 0.3) is 0 Å². The van der Waals surface area contributed by atoms with Gasteiger partial charge in [-0.3, -0.25) is 9.59 Å². The lowest BCUT2D eigenvalue weighted by atomic mass is 9.99. The predicted octanol–water partition coefficient (Wildman–Crippen LogP) is 0.767. The molecule has 1 aromatic rings. The molecule has 1 heterocycles. The molecule has 0 unspecified atom stereocenters. The maximum absolute atomic E-state index is 12.1. The molecule has 0 bridgehead atoms. The number of hydrogen-bond acceptors (Lipinski definition) is 3. The van der Waals surface area contributed by atoms with Crippen molar-refractivity contribution in [3.05, 3.63) is 35.9 Å². The van der Waals surface area contributed by atoms with Crippen LogP contribution < -0.4 is 10.6 Å². The van der Waals surface area contributed by atoms with Gasteiger partial charge in [0.1, 0.15) is 6.61 Å². The SMILES string of the molecule is CC(C)NC(=O)[C@H]1OCC(=O)N[C@@H]1c1ccccc1. The lowest BCUT2D eigenvalue weighted by molar-refractivity contribution is -0.148. The van der Waals surface area contributed by atoms with Gasteiger partial charge in [0.05, 0.1) is 6.04 Å². The molecule has 2 rings (SSSR count). The predicted molar refractivity (Wildman–Crippen MR) is 70.3 cm³/mol. The molecule has 2 amide bonds. The Balaban J connectivity index is 2.20. The van der Waals surface area contributed by atoms with E-state index in [0.717, 1.165) is 5.56 Å². The normalized spacial score (nSPS) is 23.0. The first-order valence-corrected chi connectivity index (χ1v) is 6.34. The second-order valence-electron chi connectivity index (χ2n) is 4.85. The molecule has 1 saturated heterocycles. The maximum atomic E-state index is 12.1. The van der Waals surface area contributed by atoms with E-state index in [4.69, 9.17) is 4.74 Å². The molecule has 2 N–H and O–H groups in total. The van der Waals surface area contributed by atoms with Crippen molar-refractivity contribution in [3.8, 4) is 0 Å². The standard InChI is InChI=1S/C14H18N2O3/c1-9(2)15-14(18)13-12(16-11(17)8-19-13)10-6-4-3-5-7-10/h3-7,9,12-13H,8H2,1-2H3,(H,15,18)(H,16,17)/t12-,13+/m1/s1. The fraction of sp³-hybridized carbons (Fsp3) is 0.429. The zero-order chi connectivity index (χ0) is 13.8. The van der Waals surface area contributed by atoms with Gasteiger partial charge in [-0.05, 0) is 19.4 Å². The van der Waals surface area contributed by atoms with E-state index >= 15 is 0 Å². The molecule has 5 nitrogen and oxygen atoms in total. The number of amides is 2. The molecule has 2 atom stereocenters. The lowest BCUT2D eigenvalue weighted by Crippen LogP contribution is -2.53. The Hall–Kier alpha value is -1.88. The quantitative estimate of drug-likeness (QED) is 0.845. The Morgan fingerprint density at radius 2 is 2.05 bits per heavy atom. The minimum absolute atomic E-state index is 0.0325. The zero-order valence-electron chi connectivity index (χ0n) is 11.1. The Morgan fingerprint density at radius 1 is 1.37 bits per heavy atom. The van der Waals surface area contributed by atoms with E-state index in [-0.39, 0.29) is 24.5 Å². The number of morpholine rings is 1. The Kier molecular flexibility index (Phi) is 4.16. The first-order valence-electron chi connectivity index (χ1n) is 6.34. The van der Waals surface area contributed by atoms with Crippen LogP contribution in [-0.2, 0) is 14.3 Å². The number of rotatable bonds is 3. The van der Waals surface area contributed by atoms with Crippen molar-refractivity contribution in [2.45, 2.75) is 32.0 Å². The molecule has 102 valence electrons. The van der Waals surface area contributed by atoms with Crippen LogP contribution in [0, 0.1) is 0 Å². The van der Waals surface area contributed by atoms with Crippen molar-refractivity contribution in [1.82, 2.24) is 10.6 Å². The van der Waals surface area contributed by atoms with Crippen molar-refractivity contribution in [2.75, 3.05) is 6.61 Å². The van der Waals surface area contributed by atoms with Crippen molar-refractivity contribution in [2.24, 2.45) is 0 Å². The van der Waals surface area contributed by atoms with E-state index in [1.54, 1.807) is 0 Å². The van der Waals surface area contributed by atoms with Crippen molar-refractivity contribution < 1.29 is 14.3 Å². The molecule has 1 aliphatic rings. The first kappa shape index (κ1) is 13.5. The van der Waals surface area contributed by atoms with E-state index in [1.807, 2.05) is 44.2 Å². The highest BCUT2D eigenvalue weighted by Crippen LogP contribution is 2.22. The lowest BCUT2D eigenvalue weighted by Gasteiger charge is -2.32. The monoisotopic (exact) mass is 262 g/mol. The number of carbonyl (C=O) groups excluding carboxylic acids is 2. The van der Waals surface area contributed by atoms with Gasteiger partial charge in [0.2, 0.25) is 5.91 Å². The minimum atomic E-state index is -0.692. The second-order valence-corrected chi connectivity index (χ2v) is 4.85. The third kappa shape index (κ3) is 3.32. The van der Waals surface area contributed by atoms with Gasteiger partial charge in [0.25, 0.3) is 5.91 Å². The summed E-state index contributed by atoms with van der Waals surface area (Å²) in [4.78, 5) is 23.6. The van der Waals surface area contributed by atoms with Gasteiger partial charge in [0.15, 0.2) is 6.10 Å². The van der Waals surface area contributed by atoms with E-state index in [9.17, 15) is 9.59 Å². The Bertz CT molecular complexity index is 459. The summed E-state index contributed by atoms with van der Waals surface area (Å²) >= 11 is 0. The summed E-state index contributed by atoms with van der Waals surface area (Å²) in [7, 11) is 0. The fourth-order valence-corrected chi connectivity index (χ4v) is 2.06. The summed E-state index contributed by atoms with van der Waals surface area (Å²) in [6.45, 7) is 3.69. The van der Waals surface area contributed by atoms with Gasteiger partial charge in [-0.1, -0.05) is 30.3 Å². The highest BCUT2D eigenvalue weighted by molar-refractivity contribution is 5.86. The summed E-state index contributed by atoms with van der Waals surface area (Å²) in [6.07, 6.45) is -0.692. The van der Waals surface area contributed by atoms with Gasteiger partial charge >= 0.3 is 0 Å². The maximum Gasteiger partial charge on any atom is 0.251 e. The number of hydrogen-bond donors (Lipinski definition) is 2. The molecule has 0 spiro atoms. The molecule has 1 fully saturated rings. The van der Waals surface area contributed by atoms with Gasteiger partial charge in [-0.2, -0.15) is 0 Å². The topological polar surface area (TPSA) is 67.4 Å². The van der Waals surface area contributed by atoms with Crippen LogP contribution in [0.5, 0.6) is 0 Å². The second kappa shape index (κ2) is 5.84. The van der Waals surface area contributed by atoms with Crippen molar-refractivity contribution in [3.63, 3.8) is 0 Å². The molecule has 0 aliphatic carbocycles. The summed E-state index contributed by atoms with van der Waals surface area (Å²) in [5.41, 5.74) is 0.861. The summed E-state index contributed by atoms with van der Waals surface area (Å²) < 4.78 is 5.40. The molecular formula is C14H18N2O3. The highest BCUT2D eigenvalue weighted by Gasteiger charge is 2.36. The number of nitrogens with one attached hydrogen (secondary N) is 2. The zero-order valence-corrected chi connectivity index (χ0v) is 11.1. The van der Waals surface area contributed by atoms with Crippen molar-refractivity contribution >= 4 is 11.8 Å². The van der Waals surface area contributed by atoms with Gasteiger partial charge in [-0.15, -0.1) is 0 Å². The van der Waals surface area contributed by atoms with Crippen LogP contribution >= 0.6 is 0 Å². The summed E-state index contributed by atoms with van der Waals surface area (Å²) in [5, 5.41) is 5.62. The highest BCUT2D eigenvalue weighted by atomic mass is 16.5. The van der Waals surface area contributed by atoms with Crippen LogP contribution in [0.3, 0.4) is 0 Å². The van der Waals surface area contributed by atoms with Gasteiger partial charge in [-0.25, -0.2) is 0 Å². The Labute approximate surface area is 112 Å². The third-order valence-corrected chi connectivity index (χ3v) is 2.86. The minimum Gasteiger partial charge on any atom is -0.356 e. The van der Waals surface area contributed by atoms with Crippen LogP contribution in [-0.4, -0.2) is 30.6 Å². The van der Waals surface area contributed by atoms with E-state index < -0.39 is 12.1 Å². The summed E-state index contributed by atoms with van der Waals surface area (Å²) in [5.74, 6) is -0.411. The molecule has 5 heteroatoms. The van der Waals surface area contributed by atoms with Crippen molar-refractivity contribution in [1.29, 1.82) is 0 Å². The third-order valence-electron chi connectivity index (χ3n) is 2.86. The number of carbonyl (C=O) groups is 2. The van der Waals surface area contributed by atoms with E-state index in [1.165, 1.54) is 0 Å². The largest absolute Gasteiger partial charge is 0.356 e. The van der Waals surface area contributed by atoms with Crippen LogP contribution in [0.1, 0.15) is 25.5 Å². The van der Waals surface area contributed by atoms with E-state index in [0.29, 0.717) is 0 Å². The molecule has 0 aromatic heterocycles. The molecule has 19 heavy (non-hydrogen) atoms. The van der Waals surface area contributed by atoms with Crippen LogP contribution in [0.15, 0.2) is 30.3 Å². The van der Waals surface area contributed by atoms with E-state index in [2.05, 4.69) is 10.6 Å². The number of ether oxygens (including phenoxy) is 1. The average Bonchev–Trinajstić information content (AvgIpc) is 2.38. The molecule has 0 radical (unpaired) electrons. The van der Waals surface area contributed by atoms with Gasteiger partial charge < -0.3 is 15.4 Å². The smallest absolute Gasteiger partial charge is 0.251 e. The van der Waals surface area contributed by atoms with Crippen LogP contribution in [0.2, 0.25) is 0 Å². The number of benzene rings is 1.